The first-order valence-electron chi connectivity index (χ1n) is 5.75. The lowest BCUT2D eigenvalue weighted by Crippen LogP contribution is -2.37. The molecule has 0 aliphatic heterocycles. The van der Waals surface area contributed by atoms with E-state index in [1.807, 2.05) is 17.9 Å². The second kappa shape index (κ2) is 5.95. The lowest BCUT2D eigenvalue weighted by atomic mass is 10.1. The van der Waals surface area contributed by atoms with Crippen LogP contribution in [0.3, 0.4) is 0 Å². The van der Waals surface area contributed by atoms with Crippen molar-refractivity contribution in [2.24, 2.45) is 12.9 Å². The van der Waals surface area contributed by atoms with Gasteiger partial charge in [0.25, 0.3) is 0 Å². The van der Waals surface area contributed by atoms with Crippen LogP contribution in [-0.4, -0.2) is 15.8 Å². The van der Waals surface area contributed by atoms with Crippen LogP contribution in [0.5, 0.6) is 0 Å². The Labute approximate surface area is 105 Å². The van der Waals surface area contributed by atoms with Gasteiger partial charge in [0.15, 0.2) is 0 Å². The van der Waals surface area contributed by atoms with Gasteiger partial charge in [-0.15, -0.1) is 11.3 Å². The Kier molecular flexibility index (Phi) is 4.30. The summed E-state index contributed by atoms with van der Waals surface area (Å²) in [4.78, 5) is 1.37. The maximum Gasteiger partial charge on any atom is 0.0492 e. The van der Waals surface area contributed by atoms with Gasteiger partial charge >= 0.3 is 0 Å². The zero-order valence-corrected chi connectivity index (χ0v) is 10.8. The minimum absolute atomic E-state index is 0.323. The predicted octanol–water partition coefficient (Wildman–Crippen LogP) is 1.49. The predicted molar refractivity (Wildman–Crippen MR) is 70.7 cm³/mol. The van der Waals surface area contributed by atoms with Crippen molar-refractivity contribution in [3.05, 3.63) is 40.3 Å². The summed E-state index contributed by atoms with van der Waals surface area (Å²) in [5.41, 5.74) is 4.15. The highest BCUT2D eigenvalue weighted by molar-refractivity contribution is 7.09. The maximum atomic E-state index is 5.60. The van der Waals surface area contributed by atoms with Gasteiger partial charge < -0.3 is 0 Å². The van der Waals surface area contributed by atoms with E-state index in [1.165, 1.54) is 10.6 Å². The lowest BCUT2D eigenvalue weighted by molar-refractivity contribution is 0.486. The van der Waals surface area contributed by atoms with E-state index in [2.05, 4.69) is 34.1 Å². The molecule has 2 rings (SSSR count). The summed E-state index contributed by atoms with van der Waals surface area (Å²) in [6.07, 6.45) is 4.84. The molecule has 0 aromatic carbocycles. The third-order valence-corrected chi connectivity index (χ3v) is 3.83. The molecule has 3 N–H and O–H groups in total. The van der Waals surface area contributed by atoms with Crippen molar-refractivity contribution in [2.45, 2.75) is 25.3 Å². The van der Waals surface area contributed by atoms with E-state index in [9.17, 15) is 0 Å². The number of aryl methyl sites for hydroxylation is 2. The number of hydrogen-bond donors (Lipinski definition) is 2. The Morgan fingerprint density at radius 1 is 1.53 bits per heavy atom. The highest BCUT2D eigenvalue weighted by Crippen LogP contribution is 2.13. The van der Waals surface area contributed by atoms with Gasteiger partial charge in [-0.25, -0.2) is 0 Å². The summed E-state index contributed by atoms with van der Waals surface area (Å²) in [5.74, 6) is 5.60. The van der Waals surface area contributed by atoms with Crippen molar-refractivity contribution < 1.29 is 0 Å². The summed E-state index contributed by atoms with van der Waals surface area (Å²) in [6.45, 7) is 0. The zero-order valence-electron chi connectivity index (χ0n) is 9.97. The SMILES string of the molecule is Cn1nccc1CCC(Cc1cccs1)NN. The van der Waals surface area contributed by atoms with Crippen LogP contribution < -0.4 is 11.3 Å². The molecule has 2 heterocycles. The number of nitrogens with two attached hydrogens (primary N) is 1. The number of thiophene rings is 1. The summed E-state index contributed by atoms with van der Waals surface area (Å²) in [5, 5.41) is 6.26. The van der Waals surface area contributed by atoms with Gasteiger partial charge in [-0.05, 0) is 36.8 Å². The molecule has 2 aromatic rings. The zero-order chi connectivity index (χ0) is 12.1. The van der Waals surface area contributed by atoms with Gasteiger partial charge in [-0.2, -0.15) is 5.10 Å². The molecule has 0 radical (unpaired) electrons. The summed E-state index contributed by atoms with van der Waals surface area (Å²) < 4.78 is 1.92. The summed E-state index contributed by atoms with van der Waals surface area (Å²) >= 11 is 1.78. The van der Waals surface area contributed by atoms with Crippen LogP contribution in [0, 0.1) is 0 Å². The molecule has 4 nitrogen and oxygen atoms in total. The van der Waals surface area contributed by atoms with E-state index in [0.29, 0.717) is 6.04 Å². The molecule has 17 heavy (non-hydrogen) atoms. The smallest absolute Gasteiger partial charge is 0.0492 e. The molecule has 92 valence electrons. The van der Waals surface area contributed by atoms with E-state index in [4.69, 9.17) is 5.84 Å². The first-order valence-corrected chi connectivity index (χ1v) is 6.63. The van der Waals surface area contributed by atoms with Gasteiger partial charge in [-0.1, -0.05) is 6.07 Å². The van der Waals surface area contributed by atoms with E-state index in [0.717, 1.165) is 19.3 Å². The van der Waals surface area contributed by atoms with Gasteiger partial charge in [0.2, 0.25) is 0 Å². The Balaban J connectivity index is 1.86. The second-order valence-corrected chi connectivity index (χ2v) is 5.16. The van der Waals surface area contributed by atoms with Crippen LogP contribution in [0.4, 0.5) is 0 Å². The van der Waals surface area contributed by atoms with Crippen molar-refractivity contribution >= 4 is 11.3 Å². The lowest BCUT2D eigenvalue weighted by Gasteiger charge is -2.14. The molecule has 1 unspecified atom stereocenters. The van der Waals surface area contributed by atoms with E-state index >= 15 is 0 Å². The fourth-order valence-electron chi connectivity index (χ4n) is 1.88. The van der Waals surface area contributed by atoms with Crippen LogP contribution in [0.15, 0.2) is 29.8 Å². The highest BCUT2D eigenvalue weighted by atomic mass is 32.1. The van der Waals surface area contributed by atoms with Crippen LogP contribution in [0.1, 0.15) is 17.0 Å². The Morgan fingerprint density at radius 2 is 2.41 bits per heavy atom. The molecule has 1 atom stereocenters. The first-order chi connectivity index (χ1) is 8.29. The average Bonchev–Trinajstić information content (AvgIpc) is 2.96. The molecule has 0 bridgehead atoms. The van der Waals surface area contributed by atoms with Gasteiger partial charge in [0, 0.05) is 29.9 Å². The first kappa shape index (κ1) is 12.3. The maximum absolute atomic E-state index is 5.60. The molecule has 0 spiro atoms. The summed E-state index contributed by atoms with van der Waals surface area (Å²) in [7, 11) is 1.97. The fraction of sp³-hybridized carbons (Fsp3) is 0.417. The number of nitrogens with zero attached hydrogens (tertiary/aromatic N) is 2. The van der Waals surface area contributed by atoms with Crippen LogP contribution in [0.2, 0.25) is 0 Å². The van der Waals surface area contributed by atoms with Crippen molar-refractivity contribution in [3.8, 4) is 0 Å². The van der Waals surface area contributed by atoms with E-state index in [1.54, 1.807) is 11.3 Å². The number of hydrazine groups is 1. The topological polar surface area (TPSA) is 55.9 Å². The molecule has 2 aromatic heterocycles. The molecule has 5 heteroatoms. The number of aromatic nitrogens is 2. The number of nitrogens with one attached hydrogen (secondary N) is 1. The Bertz CT molecular complexity index is 435. The minimum atomic E-state index is 0.323. The minimum Gasteiger partial charge on any atom is -0.273 e. The average molecular weight is 250 g/mol. The van der Waals surface area contributed by atoms with Gasteiger partial charge in [0.1, 0.15) is 0 Å². The van der Waals surface area contributed by atoms with Crippen molar-refractivity contribution in [2.75, 3.05) is 0 Å². The second-order valence-electron chi connectivity index (χ2n) is 4.13. The molecule has 0 fully saturated rings. The van der Waals surface area contributed by atoms with Gasteiger partial charge in [0.05, 0.1) is 0 Å². The number of hydrogen-bond acceptors (Lipinski definition) is 4. The Hall–Kier alpha value is -1.17. The normalized spacial score (nSPS) is 12.8. The fourth-order valence-corrected chi connectivity index (χ4v) is 2.67. The molecular weight excluding hydrogens is 232 g/mol. The van der Waals surface area contributed by atoms with Crippen LogP contribution >= 0.6 is 11.3 Å². The third kappa shape index (κ3) is 3.39. The monoisotopic (exact) mass is 250 g/mol. The van der Waals surface area contributed by atoms with Crippen molar-refractivity contribution in [3.63, 3.8) is 0 Å². The standard InChI is InChI=1S/C12H18N4S/c1-16-11(6-7-14-16)5-4-10(15-13)9-12-3-2-8-17-12/h2-3,6-8,10,15H,4-5,9,13H2,1H3. The third-order valence-electron chi connectivity index (χ3n) is 2.93. The quantitative estimate of drug-likeness (QED) is 0.603. The largest absolute Gasteiger partial charge is 0.273 e. The van der Waals surface area contributed by atoms with E-state index < -0.39 is 0 Å². The van der Waals surface area contributed by atoms with Crippen LogP contribution in [-0.2, 0) is 19.9 Å². The molecule has 0 aliphatic rings. The highest BCUT2D eigenvalue weighted by Gasteiger charge is 2.09. The Morgan fingerprint density at radius 3 is 3.00 bits per heavy atom. The van der Waals surface area contributed by atoms with Crippen LogP contribution in [0.25, 0.3) is 0 Å². The molecular formula is C12H18N4S. The van der Waals surface area contributed by atoms with Crippen molar-refractivity contribution in [1.29, 1.82) is 0 Å². The van der Waals surface area contributed by atoms with Crippen molar-refractivity contribution in [1.82, 2.24) is 15.2 Å². The number of rotatable bonds is 6. The van der Waals surface area contributed by atoms with E-state index in [-0.39, 0.29) is 0 Å². The molecule has 0 saturated heterocycles. The molecule has 0 amide bonds. The van der Waals surface area contributed by atoms with Gasteiger partial charge in [-0.3, -0.25) is 16.0 Å². The molecule has 0 saturated carbocycles. The summed E-state index contributed by atoms with van der Waals surface area (Å²) in [6, 6.07) is 6.61. The molecule has 0 aliphatic carbocycles.